The van der Waals surface area contributed by atoms with Gasteiger partial charge in [-0.15, -0.1) is 0 Å². The summed E-state index contributed by atoms with van der Waals surface area (Å²) in [6.45, 7) is 4.37. The number of anilines is 1. The second-order valence-corrected chi connectivity index (χ2v) is 8.53. The van der Waals surface area contributed by atoms with E-state index in [2.05, 4.69) is 37.4 Å². The number of carbonyl (C=O) groups is 1. The van der Waals surface area contributed by atoms with Crippen LogP contribution in [0.2, 0.25) is 0 Å². The number of hydrogen-bond acceptors (Lipinski definition) is 2. The summed E-state index contributed by atoms with van der Waals surface area (Å²) in [5.41, 5.74) is 6.86. The van der Waals surface area contributed by atoms with Crippen LogP contribution in [0.25, 0.3) is 0 Å². The van der Waals surface area contributed by atoms with E-state index in [1.165, 1.54) is 41.5 Å². The van der Waals surface area contributed by atoms with E-state index >= 15 is 0 Å². The molecular formula is C23H25NO2. The van der Waals surface area contributed by atoms with Gasteiger partial charge in [0.2, 0.25) is 0 Å². The van der Waals surface area contributed by atoms with Crippen molar-refractivity contribution in [2.45, 2.75) is 45.1 Å². The number of aromatic carboxylic acids is 1. The minimum Gasteiger partial charge on any atom is -0.478 e. The zero-order valence-corrected chi connectivity index (χ0v) is 15.3. The summed E-state index contributed by atoms with van der Waals surface area (Å²) < 4.78 is 0. The van der Waals surface area contributed by atoms with Crippen LogP contribution >= 0.6 is 0 Å². The van der Waals surface area contributed by atoms with Crippen LogP contribution in [0.3, 0.4) is 0 Å². The first kappa shape index (κ1) is 15.9. The van der Waals surface area contributed by atoms with Crippen molar-refractivity contribution >= 4 is 11.7 Å². The van der Waals surface area contributed by atoms with Gasteiger partial charge in [-0.1, -0.05) is 23.8 Å². The van der Waals surface area contributed by atoms with Crippen LogP contribution in [-0.2, 0) is 0 Å². The molecule has 26 heavy (non-hydrogen) atoms. The van der Waals surface area contributed by atoms with Gasteiger partial charge in [-0.25, -0.2) is 4.79 Å². The Kier molecular flexibility index (Phi) is 3.43. The third-order valence-corrected chi connectivity index (χ3v) is 7.10. The van der Waals surface area contributed by atoms with Crippen molar-refractivity contribution in [1.29, 1.82) is 0 Å². The summed E-state index contributed by atoms with van der Waals surface area (Å²) in [5.74, 6) is 1.70. The molecule has 3 aliphatic rings. The minimum atomic E-state index is -0.829. The van der Waals surface area contributed by atoms with Gasteiger partial charge in [0.1, 0.15) is 0 Å². The molecule has 3 nitrogen and oxygen atoms in total. The van der Waals surface area contributed by atoms with Crippen LogP contribution in [0.1, 0.15) is 63.8 Å². The first-order valence-corrected chi connectivity index (χ1v) is 9.74. The van der Waals surface area contributed by atoms with Gasteiger partial charge in [0.25, 0.3) is 0 Å². The second-order valence-electron chi connectivity index (χ2n) is 8.53. The van der Waals surface area contributed by atoms with Gasteiger partial charge in [0.15, 0.2) is 0 Å². The van der Waals surface area contributed by atoms with Gasteiger partial charge in [-0.3, -0.25) is 0 Å². The molecule has 0 aromatic heterocycles. The van der Waals surface area contributed by atoms with E-state index in [1.54, 1.807) is 6.07 Å². The Bertz CT molecular complexity index is 903. The first-order chi connectivity index (χ1) is 12.5. The topological polar surface area (TPSA) is 49.3 Å². The highest BCUT2D eigenvalue weighted by molar-refractivity contribution is 5.88. The molecule has 0 amide bonds. The van der Waals surface area contributed by atoms with Crippen LogP contribution in [0.15, 0.2) is 36.4 Å². The number of rotatable bonds is 2. The molecule has 2 aromatic carbocycles. The van der Waals surface area contributed by atoms with E-state index in [9.17, 15) is 9.90 Å². The van der Waals surface area contributed by atoms with Crippen molar-refractivity contribution in [1.82, 2.24) is 0 Å². The molecular weight excluding hydrogens is 322 g/mol. The van der Waals surface area contributed by atoms with Crippen LogP contribution in [0, 0.1) is 31.6 Å². The highest BCUT2D eigenvalue weighted by Crippen LogP contribution is 2.63. The fraction of sp³-hybridized carbons (Fsp3) is 0.435. The lowest BCUT2D eigenvalue weighted by Gasteiger charge is -2.44. The van der Waals surface area contributed by atoms with E-state index in [1.807, 2.05) is 12.1 Å². The summed E-state index contributed by atoms with van der Waals surface area (Å²) in [4.78, 5) is 11.5. The number of fused-ring (bicyclic) bond motifs is 7. The Morgan fingerprint density at radius 3 is 2.65 bits per heavy atom. The molecule has 2 aromatic rings. The predicted molar refractivity (Wildman–Crippen MR) is 103 cm³/mol. The van der Waals surface area contributed by atoms with Crippen molar-refractivity contribution in [2.75, 3.05) is 5.32 Å². The van der Waals surface area contributed by atoms with Gasteiger partial charge in [0, 0.05) is 5.69 Å². The normalized spacial score (nSPS) is 31.2. The Morgan fingerprint density at radius 1 is 1.04 bits per heavy atom. The van der Waals surface area contributed by atoms with E-state index in [-0.39, 0.29) is 0 Å². The largest absolute Gasteiger partial charge is 0.478 e. The molecule has 3 heteroatoms. The van der Waals surface area contributed by atoms with Crippen molar-refractivity contribution in [3.8, 4) is 0 Å². The van der Waals surface area contributed by atoms with Gasteiger partial charge in [-0.2, -0.15) is 0 Å². The summed E-state index contributed by atoms with van der Waals surface area (Å²) in [6, 6.07) is 12.7. The maximum Gasteiger partial charge on any atom is 0.335 e. The molecule has 1 heterocycles. The number of hydrogen-bond donors (Lipinski definition) is 2. The predicted octanol–water partition coefficient (Wildman–Crippen LogP) is 5.30. The van der Waals surface area contributed by atoms with Crippen LogP contribution in [-0.4, -0.2) is 11.1 Å². The standard InChI is InChI=1S/C23H25NO2/c1-12-3-4-13(2)17(9-12)22-21-15-6-5-14(10-15)20(21)18-11-16(23(25)26)7-8-19(18)24-22/h3-4,7-9,11,14-15,20-22,24H,5-6,10H2,1-2H3,(H,25,26)/t14-,15-,20-,21-,22-/m0/s1. The number of carboxylic acids is 1. The summed E-state index contributed by atoms with van der Waals surface area (Å²) in [6.07, 6.45) is 3.92. The van der Waals surface area contributed by atoms with E-state index in [4.69, 9.17) is 0 Å². The number of carboxylic acid groups (broad SMARTS) is 1. The first-order valence-electron chi connectivity index (χ1n) is 9.74. The van der Waals surface area contributed by atoms with Gasteiger partial charge < -0.3 is 10.4 Å². The molecule has 5 rings (SSSR count). The Hall–Kier alpha value is -2.29. The fourth-order valence-corrected chi connectivity index (χ4v) is 6.02. The molecule has 134 valence electrons. The molecule has 0 unspecified atom stereocenters. The molecule has 2 fully saturated rings. The molecule has 2 aliphatic carbocycles. The van der Waals surface area contributed by atoms with Gasteiger partial charge >= 0.3 is 5.97 Å². The molecule has 0 saturated heterocycles. The molecule has 2 saturated carbocycles. The molecule has 0 spiro atoms. The molecule has 0 radical (unpaired) electrons. The van der Waals surface area contributed by atoms with Crippen LogP contribution < -0.4 is 5.32 Å². The lowest BCUT2D eigenvalue weighted by atomic mass is 9.67. The van der Waals surface area contributed by atoms with Gasteiger partial charge in [-0.05, 0) is 91.7 Å². The molecule has 1 aliphatic heterocycles. The minimum absolute atomic E-state index is 0.332. The average molecular weight is 347 g/mol. The number of aryl methyl sites for hydroxylation is 2. The number of benzene rings is 2. The summed E-state index contributed by atoms with van der Waals surface area (Å²) >= 11 is 0. The Balaban J connectivity index is 1.66. The SMILES string of the molecule is Cc1ccc(C)c([C@@H]2Nc3ccc(C(=O)O)cc3[C@@H]3[C@H]4CC[C@@H](C4)[C@@H]32)c1. The lowest BCUT2D eigenvalue weighted by Crippen LogP contribution is -2.36. The number of nitrogens with one attached hydrogen (secondary N) is 1. The van der Waals surface area contributed by atoms with Crippen molar-refractivity contribution in [2.24, 2.45) is 17.8 Å². The Labute approximate surface area is 154 Å². The van der Waals surface area contributed by atoms with E-state index < -0.39 is 5.97 Å². The zero-order valence-electron chi connectivity index (χ0n) is 15.3. The van der Waals surface area contributed by atoms with Crippen LogP contribution in [0.4, 0.5) is 5.69 Å². The Morgan fingerprint density at radius 2 is 1.85 bits per heavy atom. The summed E-state index contributed by atoms with van der Waals surface area (Å²) in [5, 5.41) is 13.2. The second kappa shape index (κ2) is 5.60. The smallest absolute Gasteiger partial charge is 0.335 e. The molecule has 5 atom stereocenters. The van der Waals surface area contributed by atoms with Crippen molar-refractivity contribution in [3.05, 3.63) is 64.2 Å². The monoisotopic (exact) mass is 347 g/mol. The quantitative estimate of drug-likeness (QED) is 0.775. The summed E-state index contributed by atoms with van der Waals surface area (Å²) in [7, 11) is 0. The molecule has 2 N–H and O–H groups in total. The highest BCUT2D eigenvalue weighted by atomic mass is 16.4. The highest BCUT2D eigenvalue weighted by Gasteiger charge is 2.54. The zero-order chi connectivity index (χ0) is 18.0. The van der Waals surface area contributed by atoms with Crippen LogP contribution in [0.5, 0.6) is 0 Å². The third kappa shape index (κ3) is 2.22. The van der Waals surface area contributed by atoms with E-state index in [0.717, 1.165) is 11.6 Å². The maximum atomic E-state index is 11.5. The van der Waals surface area contributed by atoms with E-state index in [0.29, 0.717) is 29.4 Å². The average Bonchev–Trinajstić information content (AvgIpc) is 3.25. The fourth-order valence-electron chi connectivity index (χ4n) is 6.02. The lowest BCUT2D eigenvalue weighted by molar-refractivity contribution is 0.0696. The third-order valence-electron chi connectivity index (χ3n) is 7.10. The molecule has 2 bridgehead atoms. The van der Waals surface area contributed by atoms with Gasteiger partial charge in [0.05, 0.1) is 11.6 Å². The van der Waals surface area contributed by atoms with Crippen molar-refractivity contribution in [3.63, 3.8) is 0 Å². The van der Waals surface area contributed by atoms with Crippen molar-refractivity contribution < 1.29 is 9.90 Å². The maximum absolute atomic E-state index is 11.5.